The Morgan fingerprint density at radius 2 is 2.21 bits per heavy atom. The Labute approximate surface area is 85.8 Å². The van der Waals surface area contributed by atoms with E-state index in [1.54, 1.807) is 0 Å². The Morgan fingerprint density at radius 3 is 2.79 bits per heavy atom. The summed E-state index contributed by atoms with van der Waals surface area (Å²) in [5, 5.41) is 2.93. The van der Waals surface area contributed by atoms with Crippen molar-refractivity contribution >= 4 is 6.03 Å². The van der Waals surface area contributed by atoms with Crippen molar-refractivity contribution in [2.75, 3.05) is 13.1 Å². The van der Waals surface area contributed by atoms with Crippen LogP contribution in [0.3, 0.4) is 0 Å². The van der Waals surface area contributed by atoms with Crippen LogP contribution < -0.4 is 5.32 Å². The van der Waals surface area contributed by atoms with Crippen molar-refractivity contribution in [3.63, 3.8) is 0 Å². The number of carbonyl (C=O) groups excluding carboxylic acids is 1. The van der Waals surface area contributed by atoms with Gasteiger partial charge in [-0.2, -0.15) is 0 Å². The Bertz CT molecular complexity index is 237. The average molecular weight is 196 g/mol. The monoisotopic (exact) mass is 196 g/mol. The summed E-state index contributed by atoms with van der Waals surface area (Å²) in [6.07, 6.45) is 4.79. The van der Waals surface area contributed by atoms with Crippen molar-refractivity contribution < 1.29 is 4.79 Å². The molecular weight excluding hydrogens is 176 g/mol. The summed E-state index contributed by atoms with van der Waals surface area (Å²) in [6.45, 7) is 6.36. The topological polar surface area (TPSA) is 32.3 Å². The zero-order valence-corrected chi connectivity index (χ0v) is 9.18. The summed E-state index contributed by atoms with van der Waals surface area (Å²) < 4.78 is 0. The van der Waals surface area contributed by atoms with Gasteiger partial charge in [0.25, 0.3) is 0 Å². The van der Waals surface area contributed by atoms with Crippen LogP contribution in [-0.2, 0) is 0 Å². The molecule has 1 saturated carbocycles. The fraction of sp³-hybridized carbons (Fsp3) is 0.909. The van der Waals surface area contributed by atoms with Crippen LogP contribution >= 0.6 is 0 Å². The molecule has 1 aliphatic heterocycles. The van der Waals surface area contributed by atoms with Crippen molar-refractivity contribution in [2.45, 2.75) is 45.6 Å². The van der Waals surface area contributed by atoms with Crippen molar-refractivity contribution in [1.29, 1.82) is 0 Å². The van der Waals surface area contributed by atoms with Crippen LogP contribution in [0.5, 0.6) is 0 Å². The second-order valence-corrected chi connectivity index (χ2v) is 5.18. The summed E-state index contributed by atoms with van der Waals surface area (Å²) in [4.78, 5) is 13.7. The molecular formula is C11H20N2O. The maximum atomic E-state index is 11.7. The number of amides is 2. The molecule has 2 rings (SSSR count). The van der Waals surface area contributed by atoms with E-state index in [4.69, 9.17) is 0 Å². The number of nitrogens with one attached hydrogen (secondary N) is 1. The van der Waals surface area contributed by atoms with E-state index in [0.29, 0.717) is 11.5 Å². The standard InChI is InChI=1S/C11H20N2O/c1-11(2)6-3-5-9(11)13-8-4-7-12-10(13)14/h9H,3-8H2,1-2H3,(H,12,14). The van der Waals surface area contributed by atoms with Gasteiger partial charge in [0.15, 0.2) is 0 Å². The number of rotatable bonds is 1. The third-order valence-corrected chi connectivity index (χ3v) is 3.69. The van der Waals surface area contributed by atoms with Crippen molar-refractivity contribution in [3.05, 3.63) is 0 Å². The maximum absolute atomic E-state index is 11.7. The van der Waals surface area contributed by atoms with Crippen LogP contribution in [0.2, 0.25) is 0 Å². The van der Waals surface area contributed by atoms with Crippen molar-refractivity contribution in [3.8, 4) is 0 Å². The van der Waals surface area contributed by atoms with Gasteiger partial charge in [0, 0.05) is 19.1 Å². The highest BCUT2D eigenvalue weighted by atomic mass is 16.2. The van der Waals surface area contributed by atoms with Crippen molar-refractivity contribution in [2.24, 2.45) is 5.41 Å². The molecule has 0 radical (unpaired) electrons. The molecule has 80 valence electrons. The van der Waals surface area contributed by atoms with Gasteiger partial charge in [-0.1, -0.05) is 20.3 Å². The molecule has 1 saturated heterocycles. The number of carbonyl (C=O) groups is 1. The first-order valence-corrected chi connectivity index (χ1v) is 5.66. The molecule has 0 aromatic carbocycles. The lowest BCUT2D eigenvalue weighted by molar-refractivity contribution is 0.116. The van der Waals surface area contributed by atoms with Gasteiger partial charge in [-0.3, -0.25) is 0 Å². The van der Waals surface area contributed by atoms with E-state index in [-0.39, 0.29) is 6.03 Å². The first-order valence-electron chi connectivity index (χ1n) is 5.66. The fourth-order valence-electron chi connectivity index (χ4n) is 2.83. The summed E-state index contributed by atoms with van der Waals surface area (Å²) in [6, 6.07) is 0.610. The molecule has 2 fully saturated rings. The van der Waals surface area contributed by atoms with Gasteiger partial charge in [0.1, 0.15) is 0 Å². The molecule has 14 heavy (non-hydrogen) atoms. The third kappa shape index (κ3) is 1.60. The lowest BCUT2D eigenvalue weighted by atomic mass is 9.86. The Hall–Kier alpha value is -0.730. The minimum Gasteiger partial charge on any atom is -0.338 e. The SMILES string of the molecule is CC1(C)CCCC1N1CCCNC1=O. The predicted molar refractivity (Wildman–Crippen MR) is 56.1 cm³/mol. The van der Waals surface area contributed by atoms with E-state index < -0.39 is 0 Å². The zero-order valence-electron chi connectivity index (χ0n) is 9.18. The minimum atomic E-state index is 0.149. The van der Waals surface area contributed by atoms with Gasteiger partial charge < -0.3 is 10.2 Å². The Morgan fingerprint density at radius 1 is 1.43 bits per heavy atom. The van der Waals surface area contributed by atoms with E-state index in [1.165, 1.54) is 19.3 Å². The van der Waals surface area contributed by atoms with E-state index in [1.807, 2.05) is 0 Å². The number of hydrogen-bond acceptors (Lipinski definition) is 1. The molecule has 0 aromatic heterocycles. The van der Waals surface area contributed by atoms with Gasteiger partial charge in [-0.25, -0.2) is 4.79 Å². The Kier molecular flexibility index (Phi) is 2.41. The average Bonchev–Trinajstić information content (AvgIpc) is 2.46. The lowest BCUT2D eigenvalue weighted by Gasteiger charge is -2.39. The van der Waals surface area contributed by atoms with E-state index in [2.05, 4.69) is 24.1 Å². The van der Waals surface area contributed by atoms with E-state index in [0.717, 1.165) is 19.5 Å². The lowest BCUT2D eigenvalue weighted by Crippen LogP contribution is -2.54. The van der Waals surface area contributed by atoms with Gasteiger partial charge in [-0.15, -0.1) is 0 Å². The molecule has 3 heteroatoms. The van der Waals surface area contributed by atoms with Gasteiger partial charge >= 0.3 is 6.03 Å². The highest BCUT2D eigenvalue weighted by molar-refractivity contribution is 5.75. The van der Waals surface area contributed by atoms with Crippen LogP contribution in [0.15, 0.2) is 0 Å². The molecule has 0 spiro atoms. The number of urea groups is 1. The van der Waals surface area contributed by atoms with Crippen LogP contribution in [0.4, 0.5) is 4.79 Å². The molecule has 0 aromatic rings. The van der Waals surface area contributed by atoms with Crippen LogP contribution in [0.25, 0.3) is 0 Å². The normalized spacial score (nSPS) is 31.7. The van der Waals surface area contributed by atoms with E-state index in [9.17, 15) is 4.79 Å². The summed E-state index contributed by atoms with van der Waals surface area (Å²) in [5.74, 6) is 0. The quantitative estimate of drug-likeness (QED) is 0.683. The Balaban J connectivity index is 2.09. The largest absolute Gasteiger partial charge is 0.338 e. The summed E-state index contributed by atoms with van der Waals surface area (Å²) >= 11 is 0. The van der Waals surface area contributed by atoms with Gasteiger partial charge in [0.2, 0.25) is 0 Å². The molecule has 1 atom stereocenters. The smallest absolute Gasteiger partial charge is 0.317 e. The number of nitrogens with zero attached hydrogens (tertiary/aromatic N) is 1. The molecule has 1 heterocycles. The molecule has 1 unspecified atom stereocenters. The van der Waals surface area contributed by atoms with Gasteiger partial charge in [-0.05, 0) is 24.7 Å². The minimum absolute atomic E-state index is 0.149. The third-order valence-electron chi connectivity index (χ3n) is 3.69. The van der Waals surface area contributed by atoms with Crippen LogP contribution in [0.1, 0.15) is 39.5 Å². The second-order valence-electron chi connectivity index (χ2n) is 5.18. The van der Waals surface area contributed by atoms with Crippen LogP contribution in [-0.4, -0.2) is 30.1 Å². The molecule has 2 aliphatic rings. The zero-order chi connectivity index (χ0) is 10.2. The molecule has 3 nitrogen and oxygen atoms in total. The van der Waals surface area contributed by atoms with Crippen LogP contribution in [0, 0.1) is 5.41 Å². The summed E-state index contributed by atoms with van der Waals surface area (Å²) in [7, 11) is 0. The molecule has 1 aliphatic carbocycles. The molecule has 2 amide bonds. The molecule has 1 N–H and O–H groups in total. The maximum Gasteiger partial charge on any atom is 0.317 e. The number of hydrogen-bond donors (Lipinski definition) is 1. The summed E-state index contributed by atoms with van der Waals surface area (Å²) in [5.41, 5.74) is 0.314. The van der Waals surface area contributed by atoms with Crippen molar-refractivity contribution in [1.82, 2.24) is 10.2 Å². The highest BCUT2D eigenvalue weighted by Crippen LogP contribution is 2.40. The molecule has 0 bridgehead atoms. The van der Waals surface area contributed by atoms with Gasteiger partial charge in [0.05, 0.1) is 0 Å². The highest BCUT2D eigenvalue weighted by Gasteiger charge is 2.40. The first kappa shape index (κ1) is 9.81. The second kappa shape index (κ2) is 3.44. The first-order chi connectivity index (χ1) is 6.61. The van der Waals surface area contributed by atoms with E-state index >= 15 is 0 Å². The predicted octanol–water partition coefficient (Wildman–Crippen LogP) is 1.98. The fourth-order valence-corrected chi connectivity index (χ4v) is 2.83.